The van der Waals surface area contributed by atoms with Gasteiger partial charge in [0.1, 0.15) is 0 Å². The molecule has 3 rings (SSSR count). The lowest BCUT2D eigenvalue weighted by Crippen LogP contribution is -2.23. The number of nitrogens with one attached hydrogen (secondary N) is 2. The number of carbonyl (C=O) groups is 1. The third-order valence-corrected chi connectivity index (χ3v) is 3.78. The van der Waals surface area contributed by atoms with Crippen LogP contribution in [0.2, 0.25) is 5.02 Å². The maximum atomic E-state index is 12.2. The summed E-state index contributed by atoms with van der Waals surface area (Å²) in [5, 5.41) is 15.4. The zero-order chi connectivity index (χ0) is 18.4. The van der Waals surface area contributed by atoms with Crippen molar-refractivity contribution in [3.05, 3.63) is 82.6 Å². The predicted molar refractivity (Wildman–Crippen MR) is 99.1 cm³/mol. The molecule has 2 N–H and O–H groups in total. The molecule has 0 spiro atoms. The average molecular weight is 364 g/mol. The second-order valence-electron chi connectivity index (χ2n) is 5.42. The van der Waals surface area contributed by atoms with Crippen LogP contribution in [0.3, 0.4) is 0 Å². The fourth-order valence-electron chi connectivity index (χ4n) is 2.19. The third kappa shape index (κ3) is 4.56. The van der Waals surface area contributed by atoms with Gasteiger partial charge in [0, 0.05) is 29.6 Å². The minimum atomic E-state index is -0.266. The van der Waals surface area contributed by atoms with Gasteiger partial charge in [-0.3, -0.25) is 4.79 Å². The zero-order valence-electron chi connectivity index (χ0n) is 13.6. The van der Waals surface area contributed by atoms with E-state index in [-0.39, 0.29) is 5.91 Å². The number of nitriles is 1. The zero-order valence-corrected chi connectivity index (χ0v) is 14.4. The second kappa shape index (κ2) is 8.10. The number of rotatable bonds is 5. The molecule has 1 amide bonds. The van der Waals surface area contributed by atoms with Crippen LogP contribution in [0.1, 0.15) is 21.5 Å². The first kappa shape index (κ1) is 17.4. The summed E-state index contributed by atoms with van der Waals surface area (Å²) in [7, 11) is 0. The van der Waals surface area contributed by atoms with Gasteiger partial charge in [0.25, 0.3) is 5.91 Å². The fourth-order valence-corrected chi connectivity index (χ4v) is 2.32. The van der Waals surface area contributed by atoms with Crippen LogP contribution >= 0.6 is 11.6 Å². The lowest BCUT2D eigenvalue weighted by atomic mass is 10.2. The molecule has 0 unspecified atom stereocenters. The summed E-state index contributed by atoms with van der Waals surface area (Å²) in [5.41, 5.74) is 2.53. The Morgan fingerprint density at radius 2 is 1.85 bits per heavy atom. The fraction of sp³-hybridized carbons (Fsp3) is 0.0526. The molecule has 128 valence electrons. The normalized spacial score (nSPS) is 10.0. The molecule has 1 aromatic heterocycles. The number of hydrogen-bond acceptors (Lipinski definition) is 5. The van der Waals surface area contributed by atoms with E-state index in [2.05, 4.69) is 26.7 Å². The molecule has 26 heavy (non-hydrogen) atoms. The van der Waals surface area contributed by atoms with Gasteiger partial charge < -0.3 is 10.6 Å². The highest BCUT2D eigenvalue weighted by Crippen LogP contribution is 2.14. The molecule has 2 aromatic carbocycles. The van der Waals surface area contributed by atoms with Crippen LogP contribution in [0, 0.1) is 11.3 Å². The number of benzene rings is 2. The second-order valence-corrected chi connectivity index (χ2v) is 5.86. The molecule has 0 aliphatic heterocycles. The van der Waals surface area contributed by atoms with Crippen molar-refractivity contribution in [1.82, 2.24) is 15.3 Å². The van der Waals surface area contributed by atoms with E-state index in [9.17, 15) is 4.79 Å². The van der Waals surface area contributed by atoms with Gasteiger partial charge in [-0.1, -0.05) is 29.8 Å². The first-order valence-electron chi connectivity index (χ1n) is 7.76. The van der Waals surface area contributed by atoms with E-state index in [1.54, 1.807) is 36.4 Å². The Morgan fingerprint density at radius 1 is 1.12 bits per heavy atom. The van der Waals surface area contributed by atoms with Crippen molar-refractivity contribution in [3.8, 4) is 6.07 Å². The van der Waals surface area contributed by atoms with Crippen molar-refractivity contribution in [2.75, 3.05) is 5.32 Å². The van der Waals surface area contributed by atoms with E-state index in [1.165, 1.54) is 12.4 Å². The smallest absolute Gasteiger partial charge is 0.254 e. The van der Waals surface area contributed by atoms with Gasteiger partial charge in [0.05, 0.1) is 17.2 Å². The topological polar surface area (TPSA) is 90.7 Å². The maximum Gasteiger partial charge on any atom is 0.254 e. The van der Waals surface area contributed by atoms with Crippen LogP contribution in [0.15, 0.2) is 60.9 Å². The van der Waals surface area contributed by atoms with E-state index < -0.39 is 0 Å². The van der Waals surface area contributed by atoms with Crippen LogP contribution in [-0.2, 0) is 6.54 Å². The molecule has 7 heteroatoms. The van der Waals surface area contributed by atoms with Crippen LogP contribution in [0.4, 0.5) is 11.6 Å². The van der Waals surface area contributed by atoms with Crippen molar-refractivity contribution in [3.63, 3.8) is 0 Å². The minimum Gasteiger partial charge on any atom is -0.348 e. The van der Waals surface area contributed by atoms with Crippen LogP contribution < -0.4 is 10.6 Å². The van der Waals surface area contributed by atoms with Crippen molar-refractivity contribution >= 4 is 29.1 Å². The Labute approximate surface area is 155 Å². The molecule has 3 aromatic rings. The number of carbonyl (C=O) groups excluding carboxylic acids is 1. The Kier molecular flexibility index (Phi) is 5.42. The minimum absolute atomic E-state index is 0.266. The molecule has 0 aliphatic rings. The summed E-state index contributed by atoms with van der Waals surface area (Å²) in [6, 6.07) is 16.3. The highest BCUT2D eigenvalue weighted by molar-refractivity contribution is 6.30. The molecule has 0 fully saturated rings. The molecule has 0 radical (unpaired) electrons. The highest BCUT2D eigenvalue weighted by Gasteiger charge is 2.07. The number of aromatic nitrogens is 2. The summed E-state index contributed by atoms with van der Waals surface area (Å²) in [6.07, 6.45) is 2.89. The maximum absolute atomic E-state index is 12.2. The Bertz CT molecular complexity index is 949. The number of hydrogen-bond donors (Lipinski definition) is 2. The first-order chi connectivity index (χ1) is 12.6. The Hall–Kier alpha value is -3.43. The molecule has 0 saturated carbocycles. The Morgan fingerprint density at radius 3 is 2.54 bits per heavy atom. The predicted octanol–water partition coefficient (Wildman–Crippen LogP) is 3.68. The summed E-state index contributed by atoms with van der Waals surface area (Å²) in [4.78, 5) is 20.4. The van der Waals surface area contributed by atoms with E-state index >= 15 is 0 Å². The molecule has 6 nitrogen and oxygen atoms in total. The van der Waals surface area contributed by atoms with Gasteiger partial charge in [-0.25, -0.2) is 9.97 Å². The molecule has 0 atom stereocenters. The van der Waals surface area contributed by atoms with Gasteiger partial charge in [0.2, 0.25) is 5.95 Å². The monoisotopic (exact) mass is 363 g/mol. The standard InChI is InChI=1S/C19H14ClN5O/c20-16-6-4-13(5-7-16)10-22-18(26)15-11-23-19(24-12-15)25-17-3-1-2-14(8-17)9-21/h1-8,11-12H,10H2,(H,22,26)(H,23,24,25). The van der Waals surface area contributed by atoms with Gasteiger partial charge in [-0.05, 0) is 35.9 Å². The molecular formula is C19H14ClN5O. The summed E-state index contributed by atoms with van der Waals surface area (Å²) in [6.45, 7) is 0.386. The third-order valence-electron chi connectivity index (χ3n) is 3.53. The lowest BCUT2D eigenvalue weighted by molar-refractivity contribution is 0.0950. The van der Waals surface area contributed by atoms with Gasteiger partial charge in [-0.15, -0.1) is 0 Å². The van der Waals surface area contributed by atoms with E-state index in [0.29, 0.717) is 34.3 Å². The van der Waals surface area contributed by atoms with Crippen LogP contribution in [-0.4, -0.2) is 15.9 Å². The van der Waals surface area contributed by atoms with Crippen molar-refractivity contribution in [2.45, 2.75) is 6.54 Å². The Balaban J connectivity index is 1.60. The highest BCUT2D eigenvalue weighted by atomic mass is 35.5. The SMILES string of the molecule is N#Cc1cccc(Nc2ncc(C(=O)NCc3ccc(Cl)cc3)cn2)c1. The quantitative estimate of drug-likeness (QED) is 0.721. The molecule has 1 heterocycles. The number of halogens is 1. The van der Waals surface area contributed by atoms with Gasteiger partial charge >= 0.3 is 0 Å². The molecular weight excluding hydrogens is 350 g/mol. The number of amides is 1. The van der Waals surface area contributed by atoms with E-state index in [0.717, 1.165) is 5.56 Å². The van der Waals surface area contributed by atoms with Crippen molar-refractivity contribution in [2.24, 2.45) is 0 Å². The molecule has 0 bridgehead atoms. The van der Waals surface area contributed by atoms with Crippen LogP contribution in [0.25, 0.3) is 0 Å². The van der Waals surface area contributed by atoms with E-state index in [4.69, 9.17) is 16.9 Å². The van der Waals surface area contributed by atoms with Crippen molar-refractivity contribution in [1.29, 1.82) is 5.26 Å². The molecule has 0 aliphatic carbocycles. The summed E-state index contributed by atoms with van der Waals surface area (Å²) >= 11 is 5.83. The average Bonchev–Trinajstić information content (AvgIpc) is 2.68. The first-order valence-corrected chi connectivity index (χ1v) is 8.14. The van der Waals surface area contributed by atoms with Crippen LogP contribution in [0.5, 0.6) is 0 Å². The van der Waals surface area contributed by atoms with Gasteiger partial charge in [0.15, 0.2) is 0 Å². The lowest BCUT2D eigenvalue weighted by Gasteiger charge is -2.07. The summed E-state index contributed by atoms with van der Waals surface area (Å²) < 4.78 is 0. The number of nitrogens with zero attached hydrogens (tertiary/aromatic N) is 3. The van der Waals surface area contributed by atoms with Gasteiger partial charge in [-0.2, -0.15) is 5.26 Å². The number of anilines is 2. The van der Waals surface area contributed by atoms with Crippen molar-refractivity contribution < 1.29 is 4.79 Å². The summed E-state index contributed by atoms with van der Waals surface area (Å²) in [5.74, 6) is 0.0762. The molecule has 0 saturated heterocycles. The van der Waals surface area contributed by atoms with E-state index in [1.807, 2.05) is 12.1 Å². The largest absolute Gasteiger partial charge is 0.348 e.